The molecule has 0 aliphatic carbocycles. The van der Waals surface area contributed by atoms with E-state index in [-0.39, 0.29) is 18.2 Å². The minimum atomic E-state index is -4.57. The molecule has 11 heteroatoms. The number of aromatic nitrogens is 3. The molecule has 1 unspecified atom stereocenters. The van der Waals surface area contributed by atoms with Crippen molar-refractivity contribution >= 4 is 6.09 Å². The number of aryl methyl sites for hydroxylation is 1. The van der Waals surface area contributed by atoms with E-state index < -0.39 is 23.6 Å². The number of aliphatic hydroxyl groups is 1. The first kappa shape index (κ1) is 24.4. The summed E-state index contributed by atoms with van der Waals surface area (Å²) < 4.78 is 43.5. The minimum Gasteiger partial charge on any atom is -0.465 e. The van der Waals surface area contributed by atoms with Gasteiger partial charge in [0.05, 0.1) is 17.6 Å². The fourth-order valence-electron chi connectivity index (χ4n) is 3.70. The number of rotatable bonds is 6. The molecule has 178 valence electrons. The average molecular weight is 466 g/mol. The highest BCUT2D eigenvalue weighted by Gasteiger charge is 2.33. The third-order valence-electron chi connectivity index (χ3n) is 5.49. The lowest BCUT2D eigenvalue weighted by Gasteiger charge is -2.33. The molecule has 1 fully saturated rings. The summed E-state index contributed by atoms with van der Waals surface area (Å²) in [6.45, 7) is 4.08. The zero-order valence-corrected chi connectivity index (χ0v) is 18.2. The number of pyridine rings is 1. The Morgan fingerprint density at radius 2 is 1.97 bits per heavy atom. The number of piperidine rings is 1. The summed E-state index contributed by atoms with van der Waals surface area (Å²) in [5.74, 6) is 0.295. The van der Waals surface area contributed by atoms with Crippen molar-refractivity contribution in [1.82, 2.24) is 19.9 Å². The van der Waals surface area contributed by atoms with Crippen LogP contribution >= 0.6 is 0 Å². The monoisotopic (exact) mass is 466 g/mol. The van der Waals surface area contributed by atoms with Gasteiger partial charge in [0.15, 0.2) is 0 Å². The summed E-state index contributed by atoms with van der Waals surface area (Å²) in [4.78, 5) is 24.7. The molecular formula is C22H25F3N4O4. The Kier molecular flexibility index (Phi) is 7.21. The van der Waals surface area contributed by atoms with Gasteiger partial charge in [-0.15, -0.1) is 0 Å². The summed E-state index contributed by atoms with van der Waals surface area (Å²) in [5, 5.41) is 20.3. The first-order chi connectivity index (χ1) is 15.5. The van der Waals surface area contributed by atoms with Crippen LogP contribution in [0.2, 0.25) is 0 Å². The van der Waals surface area contributed by atoms with Gasteiger partial charge >= 0.3 is 12.3 Å². The predicted molar refractivity (Wildman–Crippen MR) is 112 cm³/mol. The first-order valence-corrected chi connectivity index (χ1v) is 10.4. The van der Waals surface area contributed by atoms with Gasteiger partial charge in [0.1, 0.15) is 11.5 Å². The Bertz CT molecular complexity index is 1020. The van der Waals surface area contributed by atoms with Gasteiger partial charge in [0, 0.05) is 43.3 Å². The molecule has 2 aromatic rings. The van der Waals surface area contributed by atoms with Crippen molar-refractivity contribution in [2.24, 2.45) is 0 Å². The maximum absolute atomic E-state index is 12.8. The van der Waals surface area contributed by atoms with Crippen molar-refractivity contribution in [2.75, 3.05) is 13.1 Å². The maximum Gasteiger partial charge on any atom is 0.433 e. The van der Waals surface area contributed by atoms with E-state index in [1.54, 1.807) is 20.0 Å². The van der Waals surface area contributed by atoms with Crippen LogP contribution in [0.5, 0.6) is 5.88 Å². The van der Waals surface area contributed by atoms with Gasteiger partial charge in [-0.2, -0.15) is 13.2 Å². The molecule has 1 aliphatic rings. The number of hydrogen-bond donors (Lipinski definition) is 2. The standard InChI is InChI=1S/C22H25F3N4O4/c1-14-26-13-16(19(27-14)15-7-10-29(11-8-15)20(30)31)21(2,32)9-4-12-33-18-6-3-5-17(28-18)22(23,24)25/h3-6,12-13,15,32H,7-11H2,1-2H3,(H,30,31). The van der Waals surface area contributed by atoms with Gasteiger partial charge in [0.25, 0.3) is 0 Å². The summed E-state index contributed by atoms with van der Waals surface area (Å²) in [6.07, 6.45) is -0.0770. The van der Waals surface area contributed by atoms with Crippen molar-refractivity contribution in [3.05, 3.63) is 59.5 Å². The van der Waals surface area contributed by atoms with E-state index in [1.807, 2.05) is 0 Å². The number of carboxylic acid groups (broad SMARTS) is 1. The van der Waals surface area contributed by atoms with Crippen molar-refractivity contribution in [3.63, 3.8) is 0 Å². The minimum absolute atomic E-state index is 0.0293. The molecule has 0 bridgehead atoms. The predicted octanol–water partition coefficient (Wildman–Crippen LogP) is 4.25. The quantitative estimate of drug-likeness (QED) is 0.613. The highest BCUT2D eigenvalue weighted by atomic mass is 19.4. The van der Waals surface area contributed by atoms with Crippen LogP contribution in [0, 0.1) is 6.92 Å². The lowest BCUT2D eigenvalue weighted by molar-refractivity contribution is -0.141. The maximum atomic E-state index is 12.8. The number of amides is 1. The second kappa shape index (κ2) is 9.74. The van der Waals surface area contributed by atoms with Crippen LogP contribution in [0.15, 0.2) is 36.7 Å². The summed E-state index contributed by atoms with van der Waals surface area (Å²) in [5.41, 5.74) is -1.25. The molecule has 33 heavy (non-hydrogen) atoms. The van der Waals surface area contributed by atoms with Crippen LogP contribution in [-0.2, 0) is 11.8 Å². The third kappa shape index (κ3) is 6.19. The molecule has 0 aromatic carbocycles. The van der Waals surface area contributed by atoms with E-state index in [1.165, 1.54) is 29.4 Å². The molecule has 0 radical (unpaired) electrons. The normalized spacial score (nSPS) is 17.2. The van der Waals surface area contributed by atoms with Gasteiger partial charge < -0.3 is 19.8 Å². The second-order valence-electron chi connectivity index (χ2n) is 8.09. The Balaban J connectivity index is 1.71. The van der Waals surface area contributed by atoms with E-state index in [0.29, 0.717) is 43.0 Å². The fraction of sp³-hybridized carbons (Fsp3) is 0.455. The molecule has 1 aliphatic heterocycles. The molecular weight excluding hydrogens is 441 g/mol. The molecule has 1 saturated heterocycles. The van der Waals surface area contributed by atoms with E-state index in [2.05, 4.69) is 15.0 Å². The van der Waals surface area contributed by atoms with Crippen molar-refractivity contribution in [1.29, 1.82) is 0 Å². The number of ether oxygens (including phenoxy) is 1. The molecule has 3 rings (SSSR count). The average Bonchev–Trinajstić information content (AvgIpc) is 2.76. The molecule has 8 nitrogen and oxygen atoms in total. The van der Waals surface area contributed by atoms with E-state index in [4.69, 9.17) is 9.84 Å². The smallest absolute Gasteiger partial charge is 0.433 e. The lowest BCUT2D eigenvalue weighted by atomic mass is 9.84. The summed E-state index contributed by atoms with van der Waals surface area (Å²) in [7, 11) is 0. The number of hydrogen-bond acceptors (Lipinski definition) is 6. The molecule has 2 N–H and O–H groups in total. The Morgan fingerprint density at radius 1 is 1.27 bits per heavy atom. The van der Waals surface area contributed by atoms with E-state index >= 15 is 0 Å². The van der Waals surface area contributed by atoms with Crippen molar-refractivity contribution in [2.45, 2.75) is 50.8 Å². The summed E-state index contributed by atoms with van der Waals surface area (Å²) >= 11 is 0. The van der Waals surface area contributed by atoms with E-state index in [0.717, 1.165) is 6.07 Å². The first-order valence-electron chi connectivity index (χ1n) is 10.4. The molecule has 1 amide bonds. The largest absolute Gasteiger partial charge is 0.465 e. The van der Waals surface area contributed by atoms with Crippen LogP contribution in [0.4, 0.5) is 18.0 Å². The van der Waals surface area contributed by atoms with Gasteiger partial charge in [-0.3, -0.25) is 0 Å². The third-order valence-corrected chi connectivity index (χ3v) is 5.49. The fourth-order valence-corrected chi connectivity index (χ4v) is 3.70. The van der Waals surface area contributed by atoms with Crippen molar-refractivity contribution in [3.8, 4) is 5.88 Å². The Hall–Kier alpha value is -3.21. The van der Waals surface area contributed by atoms with Gasteiger partial charge in [-0.05, 0) is 38.8 Å². The number of likely N-dealkylation sites (tertiary alicyclic amines) is 1. The number of halogens is 3. The zero-order chi connectivity index (χ0) is 24.2. The summed E-state index contributed by atoms with van der Waals surface area (Å²) in [6, 6.07) is 3.34. The molecule has 2 aromatic heterocycles. The van der Waals surface area contributed by atoms with Crippen molar-refractivity contribution < 1.29 is 32.9 Å². The highest BCUT2D eigenvalue weighted by molar-refractivity contribution is 5.65. The topological polar surface area (TPSA) is 109 Å². The van der Waals surface area contributed by atoms with Crippen LogP contribution in [0.1, 0.15) is 54.9 Å². The van der Waals surface area contributed by atoms with Crippen LogP contribution in [-0.4, -0.2) is 49.2 Å². The number of alkyl halides is 3. The molecule has 0 saturated carbocycles. The molecule has 3 heterocycles. The second-order valence-corrected chi connectivity index (χ2v) is 8.09. The van der Waals surface area contributed by atoms with Gasteiger partial charge in [-0.25, -0.2) is 19.7 Å². The zero-order valence-electron chi connectivity index (χ0n) is 18.2. The van der Waals surface area contributed by atoms with Crippen LogP contribution in [0.25, 0.3) is 0 Å². The number of carbonyl (C=O) groups is 1. The Labute approximate surface area is 188 Å². The highest BCUT2D eigenvalue weighted by Crippen LogP contribution is 2.35. The molecule has 0 spiro atoms. The van der Waals surface area contributed by atoms with Gasteiger partial charge in [0.2, 0.25) is 5.88 Å². The van der Waals surface area contributed by atoms with Crippen LogP contribution < -0.4 is 4.74 Å². The number of nitrogens with zero attached hydrogens (tertiary/aromatic N) is 4. The van der Waals surface area contributed by atoms with Gasteiger partial charge in [-0.1, -0.05) is 6.07 Å². The Morgan fingerprint density at radius 3 is 2.61 bits per heavy atom. The molecule has 1 atom stereocenters. The SMILES string of the molecule is Cc1ncc(C(C)(O)CC=COc2cccc(C(F)(F)F)n2)c(C2CCN(C(=O)O)CC2)n1. The lowest BCUT2D eigenvalue weighted by Crippen LogP contribution is -2.37. The van der Waals surface area contributed by atoms with Crippen LogP contribution in [0.3, 0.4) is 0 Å². The van der Waals surface area contributed by atoms with E-state index in [9.17, 15) is 23.1 Å².